The Labute approximate surface area is 204 Å². The molecule has 0 unspecified atom stereocenters. The van der Waals surface area contributed by atoms with E-state index in [9.17, 15) is 18.0 Å². The largest absolute Gasteiger partial charge is 0.434 e. The molecular weight excluding hydrogens is 473 g/mol. The number of carbonyl (C=O) groups excluding carboxylic acids is 1. The maximum atomic E-state index is 12.7. The molecule has 0 spiro atoms. The minimum absolute atomic E-state index is 0.0638. The van der Waals surface area contributed by atoms with E-state index in [1.165, 1.54) is 0 Å². The normalized spacial score (nSPS) is 18.0. The maximum absolute atomic E-state index is 12.7. The smallest absolute Gasteiger partial charge is 0.346 e. The molecule has 1 N–H and O–H groups in total. The van der Waals surface area contributed by atoms with Crippen molar-refractivity contribution in [3.8, 4) is 11.1 Å². The minimum atomic E-state index is -4.58. The number of aromatic nitrogens is 6. The van der Waals surface area contributed by atoms with Crippen molar-refractivity contribution in [3.05, 3.63) is 60.7 Å². The molecule has 0 saturated carbocycles. The van der Waals surface area contributed by atoms with Gasteiger partial charge in [-0.3, -0.25) is 14.4 Å². The summed E-state index contributed by atoms with van der Waals surface area (Å²) < 4.78 is 40.1. The van der Waals surface area contributed by atoms with Crippen LogP contribution in [0.15, 0.2) is 49.3 Å². The molecular formula is C24H23F3N8O. The monoisotopic (exact) mass is 496 g/mol. The number of alkyl halides is 3. The van der Waals surface area contributed by atoms with E-state index in [0.29, 0.717) is 31.4 Å². The molecule has 0 radical (unpaired) electrons. The van der Waals surface area contributed by atoms with Crippen LogP contribution in [0.4, 0.5) is 13.2 Å². The van der Waals surface area contributed by atoms with Crippen LogP contribution >= 0.6 is 0 Å². The third kappa shape index (κ3) is 4.11. The van der Waals surface area contributed by atoms with Crippen LogP contribution in [0.1, 0.15) is 35.1 Å². The van der Waals surface area contributed by atoms with Crippen LogP contribution in [-0.2, 0) is 6.18 Å². The minimum Gasteiger partial charge on any atom is -0.346 e. The summed E-state index contributed by atoms with van der Waals surface area (Å²) in [7, 11) is 0. The Morgan fingerprint density at radius 2 is 1.81 bits per heavy atom. The molecule has 2 saturated heterocycles. The van der Waals surface area contributed by atoms with Crippen LogP contribution in [0.25, 0.3) is 22.2 Å². The highest BCUT2D eigenvalue weighted by atomic mass is 19.4. The predicted molar refractivity (Wildman–Crippen MR) is 124 cm³/mol. The van der Waals surface area contributed by atoms with Gasteiger partial charge < -0.3 is 9.88 Å². The van der Waals surface area contributed by atoms with Crippen LogP contribution < -0.4 is 0 Å². The summed E-state index contributed by atoms with van der Waals surface area (Å²) in [5.74, 6) is -0.382. The first-order valence-corrected chi connectivity index (χ1v) is 11.8. The van der Waals surface area contributed by atoms with Crippen LogP contribution in [0, 0.1) is 0 Å². The van der Waals surface area contributed by atoms with E-state index in [4.69, 9.17) is 0 Å². The Balaban J connectivity index is 1.03. The number of hydrogen-bond donors (Lipinski definition) is 1. The lowest BCUT2D eigenvalue weighted by molar-refractivity contribution is -0.141. The van der Waals surface area contributed by atoms with Crippen molar-refractivity contribution >= 4 is 16.9 Å². The Bertz CT molecular complexity index is 1380. The molecule has 0 aromatic carbocycles. The number of aromatic amines is 1. The fourth-order valence-corrected chi connectivity index (χ4v) is 5.02. The van der Waals surface area contributed by atoms with E-state index in [1.807, 2.05) is 29.2 Å². The Hall–Kier alpha value is -3.80. The van der Waals surface area contributed by atoms with Gasteiger partial charge in [0.1, 0.15) is 11.3 Å². The van der Waals surface area contributed by atoms with Gasteiger partial charge in [-0.05, 0) is 30.5 Å². The average molecular weight is 496 g/mol. The van der Waals surface area contributed by atoms with Crippen LogP contribution in [-0.4, -0.2) is 77.6 Å². The molecule has 36 heavy (non-hydrogen) atoms. The number of likely N-dealkylation sites (tertiary alicyclic amines) is 2. The molecule has 0 bridgehead atoms. The first-order valence-electron chi connectivity index (χ1n) is 11.8. The number of piperidine rings is 1. The van der Waals surface area contributed by atoms with Crippen molar-refractivity contribution in [1.82, 2.24) is 39.5 Å². The first kappa shape index (κ1) is 22.7. The molecule has 0 aliphatic carbocycles. The van der Waals surface area contributed by atoms with Gasteiger partial charge in [0.2, 0.25) is 0 Å². The van der Waals surface area contributed by atoms with E-state index in [-0.39, 0.29) is 11.6 Å². The van der Waals surface area contributed by atoms with Gasteiger partial charge in [-0.25, -0.2) is 15.0 Å². The summed E-state index contributed by atoms with van der Waals surface area (Å²) in [6.45, 7) is 2.85. The van der Waals surface area contributed by atoms with Gasteiger partial charge in [0.25, 0.3) is 5.91 Å². The molecule has 4 aromatic rings. The van der Waals surface area contributed by atoms with Gasteiger partial charge in [-0.1, -0.05) is 0 Å². The zero-order chi connectivity index (χ0) is 24.9. The topological polar surface area (TPSA) is 95.8 Å². The maximum Gasteiger partial charge on any atom is 0.434 e. The van der Waals surface area contributed by atoms with Gasteiger partial charge in [-0.15, -0.1) is 0 Å². The number of nitrogens with one attached hydrogen (secondary N) is 1. The number of rotatable bonds is 4. The lowest BCUT2D eigenvalue weighted by atomic mass is 9.97. The van der Waals surface area contributed by atoms with Crippen molar-refractivity contribution in [1.29, 1.82) is 0 Å². The summed E-state index contributed by atoms with van der Waals surface area (Å²) in [5.41, 5.74) is 1.83. The summed E-state index contributed by atoms with van der Waals surface area (Å²) in [5, 5.41) is 5.66. The van der Waals surface area contributed by atoms with Crippen molar-refractivity contribution in [2.45, 2.75) is 31.1 Å². The number of fused-ring (bicyclic) bond motifs is 1. The van der Waals surface area contributed by atoms with Gasteiger partial charge in [0, 0.05) is 61.8 Å². The second-order valence-corrected chi connectivity index (χ2v) is 9.22. The molecule has 6 rings (SSSR count). The molecule has 4 aromatic heterocycles. The van der Waals surface area contributed by atoms with Crippen molar-refractivity contribution in [2.75, 3.05) is 26.2 Å². The summed E-state index contributed by atoms with van der Waals surface area (Å²) >= 11 is 0. The van der Waals surface area contributed by atoms with Crippen molar-refractivity contribution in [2.24, 2.45) is 0 Å². The van der Waals surface area contributed by atoms with E-state index < -0.39 is 11.9 Å². The number of H-pyrrole nitrogens is 1. The Morgan fingerprint density at radius 1 is 1.00 bits per heavy atom. The van der Waals surface area contributed by atoms with Crippen molar-refractivity contribution < 1.29 is 18.0 Å². The van der Waals surface area contributed by atoms with E-state index >= 15 is 0 Å². The second kappa shape index (κ2) is 8.70. The highest BCUT2D eigenvalue weighted by Crippen LogP contribution is 2.31. The third-order valence-electron chi connectivity index (χ3n) is 7.07. The standard InChI is InChI=1S/C24H23F3N8O/c25-24(26,27)21-11-30-20(10-31-21)23(36)33-7-3-16(4-8-33)34-13-17(14-34)35-12-15(9-32-35)18-1-5-28-22-19(18)2-6-29-22/h1-2,5-6,9-12,16-17H,3-4,7-8,13-14H2,(H,28,29). The lowest BCUT2D eigenvalue weighted by Gasteiger charge is -2.47. The number of amides is 1. The number of hydrogen-bond acceptors (Lipinski definition) is 6. The summed E-state index contributed by atoms with van der Waals surface area (Å²) in [6, 6.07) is 4.67. The second-order valence-electron chi connectivity index (χ2n) is 9.22. The van der Waals surface area contributed by atoms with Gasteiger partial charge in [0.15, 0.2) is 5.69 Å². The third-order valence-corrected chi connectivity index (χ3v) is 7.07. The van der Waals surface area contributed by atoms with Gasteiger partial charge in [0.05, 0.1) is 24.6 Å². The van der Waals surface area contributed by atoms with Crippen LogP contribution in [0.3, 0.4) is 0 Å². The molecule has 2 aliphatic heterocycles. The molecule has 12 heteroatoms. The molecule has 6 heterocycles. The molecule has 1 amide bonds. The molecule has 2 aliphatic rings. The highest BCUT2D eigenvalue weighted by molar-refractivity contribution is 5.92. The molecule has 0 atom stereocenters. The number of halogens is 3. The Kier molecular flexibility index (Phi) is 5.47. The summed E-state index contributed by atoms with van der Waals surface area (Å²) in [6.07, 6.45) is 6.18. The van der Waals surface area contributed by atoms with Crippen LogP contribution in [0.2, 0.25) is 0 Å². The average Bonchev–Trinajstić information content (AvgIpc) is 3.53. The van der Waals surface area contributed by atoms with E-state index in [2.05, 4.69) is 36.1 Å². The lowest BCUT2D eigenvalue weighted by Crippen LogP contribution is -2.56. The molecule has 186 valence electrons. The number of nitrogens with zero attached hydrogens (tertiary/aromatic N) is 7. The number of carbonyl (C=O) groups is 1. The van der Waals surface area contributed by atoms with Gasteiger partial charge in [-0.2, -0.15) is 18.3 Å². The zero-order valence-electron chi connectivity index (χ0n) is 19.2. The quantitative estimate of drug-likeness (QED) is 0.465. The first-order chi connectivity index (χ1) is 17.4. The molecule has 9 nitrogen and oxygen atoms in total. The fourth-order valence-electron chi connectivity index (χ4n) is 5.02. The van der Waals surface area contributed by atoms with Gasteiger partial charge >= 0.3 is 6.18 Å². The number of pyridine rings is 1. The SMILES string of the molecule is O=C(c1cnc(C(F)(F)F)cn1)N1CCC(N2CC(n3cc(-c4ccnc5[nH]ccc45)cn3)C2)CC1. The van der Waals surface area contributed by atoms with E-state index in [1.54, 1.807) is 11.1 Å². The highest BCUT2D eigenvalue weighted by Gasteiger charge is 2.37. The fraction of sp³-hybridized carbons (Fsp3) is 0.375. The van der Waals surface area contributed by atoms with Crippen LogP contribution in [0.5, 0.6) is 0 Å². The van der Waals surface area contributed by atoms with Crippen molar-refractivity contribution in [3.63, 3.8) is 0 Å². The predicted octanol–water partition coefficient (Wildman–Crippen LogP) is 3.40. The zero-order valence-corrected chi connectivity index (χ0v) is 19.2. The van der Waals surface area contributed by atoms with E-state index in [0.717, 1.165) is 54.3 Å². The summed E-state index contributed by atoms with van der Waals surface area (Å²) in [4.78, 5) is 31.2. The Morgan fingerprint density at radius 3 is 2.53 bits per heavy atom. The molecule has 2 fully saturated rings.